The zero-order valence-corrected chi connectivity index (χ0v) is 16.8. The summed E-state index contributed by atoms with van der Waals surface area (Å²) in [5.74, 6) is 0.304. The second-order valence-corrected chi connectivity index (χ2v) is 7.14. The highest BCUT2D eigenvalue weighted by atomic mass is 16.5. The normalized spacial score (nSPS) is 15.5. The number of rotatable bonds is 7. The molecule has 4 rings (SSSR count). The molecule has 8 heteroatoms. The van der Waals surface area contributed by atoms with E-state index in [1.807, 2.05) is 6.07 Å². The molecule has 0 amide bonds. The molecule has 0 N–H and O–H groups in total. The predicted molar refractivity (Wildman–Crippen MR) is 112 cm³/mol. The lowest BCUT2D eigenvalue weighted by Crippen LogP contribution is -2.26. The number of fused-ring (bicyclic) bond motifs is 1. The van der Waals surface area contributed by atoms with Crippen molar-refractivity contribution in [3.63, 3.8) is 0 Å². The minimum absolute atomic E-state index is 0.116. The van der Waals surface area contributed by atoms with Crippen molar-refractivity contribution in [2.75, 3.05) is 13.2 Å². The predicted octanol–water partition coefficient (Wildman–Crippen LogP) is 2.83. The molecule has 8 nitrogen and oxygen atoms in total. The third kappa shape index (κ3) is 4.73. The van der Waals surface area contributed by atoms with Crippen molar-refractivity contribution in [2.24, 2.45) is 0 Å². The van der Waals surface area contributed by atoms with Crippen LogP contribution in [-0.4, -0.2) is 34.8 Å². The van der Waals surface area contributed by atoms with Gasteiger partial charge in [-0.15, -0.1) is 0 Å². The van der Waals surface area contributed by atoms with Gasteiger partial charge in [0.1, 0.15) is 25.5 Å². The minimum atomic E-state index is -0.559. The molecular formula is C23H21N3O5. The lowest BCUT2D eigenvalue weighted by molar-refractivity contribution is 0.0457. The van der Waals surface area contributed by atoms with Gasteiger partial charge in [0, 0.05) is 6.61 Å². The van der Waals surface area contributed by atoms with E-state index >= 15 is 0 Å². The zero-order valence-electron chi connectivity index (χ0n) is 16.8. The third-order valence-electron chi connectivity index (χ3n) is 5.05. The molecule has 0 aliphatic carbocycles. The van der Waals surface area contributed by atoms with E-state index in [0.29, 0.717) is 28.8 Å². The molecule has 3 aromatic rings. The highest BCUT2D eigenvalue weighted by Gasteiger charge is 2.17. The molecule has 2 aromatic carbocycles. The number of ether oxygens (including phenoxy) is 3. The van der Waals surface area contributed by atoms with E-state index in [2.05, 4.69) is 4.98 Å². The van der Waals surface area contributed by atoms with Gasteiger partial charge in [-0.05, 0) is 49.2 Å². The Kier molecular flexibility index (Phi) is 6.24. The van der Waals surface area contributed by atoms with Crippen LogP contribution in [0.1, 0.15) is 29.0 Å². The summed E-state index contributed by atoms with van der Waals surface area (Å²) < 4.78 is 17.8. The van der Waals surface area contributed by atoms with Crippen LogP contribution in [0.5, 0.6) is 5.75 Å². The maximum absolute atomic E-state index is 12.7. The van der Waals surface area contributed by atoms with Crippen LogP contribution in [0.4, 0.5) is 0 Å². The van der Waals surface area contributed by atoms with Crippen LogP contribution < -0.4 is 10.3 Å². The van der Waals surface area contributed by atoms with E-state index < -0.39 is 5.97 Å². The SMILES string of the molecule is N#CCn1c(COC(=O)c2ccc(OC[C@H]3CCCO3)cc2)nc2ccccc2c1=O. The van der Waals surface area contributed by atoms with Crippen LogP contribution in [0.25, 0.3) is 10.9 Å². The van der Waals surface area contributed by atoms with Crippen LogP contribution in [-0.2, 0) is 22.6 Å². The van der Waals surface area contributed by atoms with Gasteiger partial charge >= 0.3 is 5.97 Å². The van der Waals surface area contributed by atoms with Crippen molar-refractivity contribution in [3.8, 4) is 11.8 Å². The Bertz CT molecular complexity index is 1170. The Morgan fingerprint density at radius 3 is 2.77 bits per heavy atom. The first-order valence-electron chi connectivity index (χ1n) is 10.0. The summed E-state index contributed by atoms with van der Waals surface area (Å²) in [6.45, 7) is 0.846. The number of esters is 1. The number of nitriles is 1. The number of carbonyl (C=O) groups excluding carboxylic acids is 1. The van der Waals surface area contributed by atoms with Gasteiger partial charge in [0.05, 0.1) is 28.6 Å². The molecule has 0 bridgehead atoms. The first-order chi connectivity index (χ1) is 15.2. The molecular weight excluding hydrogens is 398 g/mol. The largest absolute Gasteiger partial charge is 0.491 e. The number of hydrogen-bond acceptors (Lipinski definition) is 7. The molecule has 0 saturated carbocycles. The molecule has 1 fully saturated rings. The van der Waals surface area contributed by atoms with Crippen LogP contribution in [0.3, 0.4) is 0 Å². The topological polar surface area (TPSA) is 103 Å². The third-order valence-corrected chi connectivity index (χ3v) is 5.05. The molecule has 158 valence electrons. The summed E-state index contributed by atoms with van der Waals surface area (Å²) in [6, 6.07) is 15.4. The molecule has 1 aliphatic heterocycles. The lowest BCUT2D eigenvalue weighted by atomic mass is 10.2. The van der Waals surface area contributed by atoms with Crippen LogP contribution >= 0.6 is 0 Å². The summed E-state index contributed by atoms with van der Waals surface area (Å²) in [5, 5.41) is 9.48. The molecule has 1 saturated heterocycles. The van der Waals surface area contributed by atoms with E-state index in [4.69, 9.17) is 19.5 Å². The van der Waals surface area contributed by atoms with Gasteiger partial charge in [0.2, 0.25) is 0 Å². The first kappa shape index (κ1) is 20.6. The maximum atomic E-state index is 12.7. The molecule has 1 aromatic heterocycles. The van der Waals surface area contributed by atoms with Crippen molar-refractivity contribution >= 4 is 16.9 Å². The van der Waals surface area contributed by atoms with Gasteiger partial charge in [-0.1, -0.05) is 12.1 Å². The Balaban J connectivity index is 1.43. The Hall–Kier alpha value is -3.70. The van der Waals surface area contributed by atoms with Gasteiger partial charge < -0.3 is 14.2 Å². The lowest BCUT2D eigenvalue weighted by Gasteiger charge is -2.12. The quantitative estimate of drug-likeness (QED) is 0.543. The highest BCUT2D eigenvalue weighted by Crippen LogP contribution is 2.17. The van der Waals surface area contributed by atoms with E-state index in [9.17, 15) is 9.59 Å². The summed E-state index contributed by atoms with van der Waals surface area (Å²) in [7, 11) is 0. The number of para-hydroxylation sites is 1. The van der Waals surface area contributed by atoms with Crippen LogP contribution in [0.15, 0.2) is 53.3 Å². The summed E-state index contributed by atoms with van der Waals surface area (Å²) in [4.78, 5) is 29.5. The maximum Gasteiger partial charge on any atom is 0.338 e. The van der Waals surface area contributed by atoms with E-state index in [-0.39, 0.29) is 30.6 Å². The van der Waals surface area contributed by atoms with Gasteiger partial charge in [0.15, 0.2) is 5.82 Å². The van der Waals surface area contributed by atoms with E-state index in [0.717, 1.165) is 19.4 Å². The highest BCUT2D eigenvalue weighted by molar-refractivity contribution is 5.89. The van der Waals surface area contributed by atoms with E-state index in [1.54, 1.807) is 48.5 Å². The van der Waals surface area contributed by atoms with E-state index in [1.165, 1.54) is 4.57 Å². The van der Waals surface area contributed by atoms with Crippen molar-refractivity contribution in [1.29, 1.82) is 5.26 Å². The Morgan fingerprint density at radius 1 is 1.23 bits per heavy atom. The Morgan fingerprint density at radius 2 is 2.03 bits per heavy atom. The standard InChI is InChI=1S/C23H21N3O5/c24-11-12-26-21(25-20-6-2-1-5-19(20)22(26)27)15-31-23(28)16-7-9-17(10-8-16)30-14-18-4-3-13-29-18/h1-2,5-10,18H,3-4,12-15H2/t18-/m1/s1. The van der Waals surface area contributed by atoms with Crippen molar-refractivity contribution in [2.45, 2.75) is 32.1 Å². The number of hydrogen-bond donors (Lipinski definition) is 0. The molecule has 0 radical (unpaired) electrons. The second kappa shape index (κ2) is 9.41. The zero-order chi connectivity index (χ0) is 21.6. The van der Waals surface area contributed by atoms with Crippen LogP contribution in [0.2, 0.25) is 0 Å². The van der Waals surface area contributed by atoms with Crippen molar-refractivity contribution in [1.82, 2.24) is 9.55 Å². The first-order valence-corrected chi connectivity index (χ1v) is 10.0. The summed E-state index contributed by atoms with van der Waals surface area (Å²) >= 11 is 0. The monoisotopic (exact) mass is 419 g/mol. The molecule has 2 heterocycles. The fourth-order valence-electron chi connectivity index (χ4n) is 3.42. The molecule has 1 atom stereocenters. The molecule has 1 aliphatic rings. The van der Waals surface area contributed by atoms with Crippen molar-refractivity contribution < 1.29 is 19.0 Å². The average Bonchev–Trinajstić information content (AvgIpc) is 3.32. The Labute approximate surface area is 178 Å². The van der Waals surface area contributed by atoms with Gasteiger partial charge in [-0.2, -0.15) is 5.26 Å². The smallest absolute Gasteiger partial charge is 0.338 e. The second-order valence-electron chi connectivity index (χ2n) is 7.14. The molecule has 31 heavy (non-hydrogen) atoms. The number of carbonyl (C=O) groups is 1. The summed E-state index contributed by atoms with van der Waals surface area (Å²) in [5.41, 5.74) is 0.492. The van der Waals surface area contributed by atoms with Crippen LogP contribution in [0, 0.1) is 11.3 Å². The fourth-order valence-corrected chi connectivity index (χ4v) is 3.42. The number of benzene rings is 2. The number of nitrogens with zero attached hydrogens (tertiary/aromatic N) is 3. The van der Waals surface area contributed by atoms with Gasteiger partial charge in [-0.25, -0.2) is 9.78 Å². The molecule has 0 unspecified atom stereocenters. The summed E-state index contributed by atoms with van der Waals surface area (Å²) in [6.07, 6.45) is 2.15. The van der Waals surface area contributed by atoms with Crippen molar-refractivity contribution in [3.05, 3.63) is 70.3 Å². The number of aromatic nitrogens is 2. The van der Waals surface area contributed by atoms with Gasteiger partial charge in [-0.3, -0.25) is 9.36 Å². The fraction of sp³-hybridized carbons (Fsp3) is 0.304. The molecule has 0 spiro atoms. The van der Waals surface area contributed by atoms with Gasteiger partial charge in [0.25, 0.3) is 5.56 Å². The average molecular weight is 419 g/mol. The minimum Gasteiger partial charge on any atom is -0.491 e.